The molecule has 1 aromatic heterocycles. The first-order valence-electron chi connectivity index (χ1n) is 9.06. The van der Waals surface area contributed by atoms with Gasteiger partial charge in [-0.3, -0.25) is 4.79 Å². The van der Waals surface area contributed by atoms with Crippen LogP contribution in [0, 0.1) is 11.3 Å². The smallest absolute Gasteiger partial charge is 0.276 e. The highest BCUT2D eigenvalue weighted by molar-refractivity contribution is 5.93. The fraction of sp³-hybridized carbons (Fsp3) is 0.227. The van der Waals surface area contributed by atoms with Crippen LogP contribution in [0.2, 0.25) is 0 Å². The van der Waals surface area contributed by atoms with Crippen LogP contribution in [-0.4, -0.2) is 29.1 Å². The summed E-state index contributed by atoms with van der Waals surface area (Å²) in [6.45, 7) is 1.44. The fourth-order valence-electron chi connectivity index (χ4n) is 3.52. The van der Waals surface area contributed by atoms with E-state index in [2.05, 4.69) is 35.5 Å². The molecule has 0 bridgehead atoms. The van der Waals surface area contributed by atoms with Crippen LogP contribution < -0.4 is 0 Å². The van der Waals surface area contributed by atoms with Gasteiger partial charge in [-0.25, -0.2) is 0 Å². The molecule has 0 saturated carbocycles. The van der Waals surface area contributed by atoms with E-state index in [1.54, 1.807) is 30.3 Å². The van der Waals surface area contributed by atoms with Gasteiger partial charge in [0.25, 0.3) is 5.91 Å². The maximum Gasteiger partial charge on any atom is 0.276 e. The van der Waals surface area contributed by atoms with Crippen molar-refractivity contribution in [1.82, 2.24) is 10.1 Å². The minimum atomic E-state index is -0.0924. The summed E-state index contributed by atoms with van der Waals surface area (Å²) < 4.78 is 5.35. The van der Waals surface area contributed by atoms with Gasteiger partial charge in [-0.05, 0) is 48.6 Å². The first-order valence-corrected chi connectivity index (χ1v) is 9.06. The van der Waals surface area contributed by atoms with E-state index < -0.39 is 0 Å². The van der Waals surface area contributed by atoms with Crippen LogP contribution in [0.25, 0.3) is 11.3 Å². The van der Waals surface area contributed by atoms with Crippen molar-refractivity contribution < 1.29 is 9.32 Å². The Hall–Kier alpha value is -3.39. The summed E-state index contributed by atoms with van der Waals surface area (Å²) in [5.41, 5.74) is 3.04. The van der Waals surface area contributed by atoms with E-state index >= 15 is 0 Å². The molecule has 0 aliphatic carbocycles. The Balaban J connectivity index is 1.42. The molecule has 0 radical (unpaired) electrons. The highest BCUT2D eigenvalue weighted by atomic mass is 16.5. The van der Waals surface area contributed by atoms with Gasteiger partial charge in [0, 0.05) is 24.7 Å². The number of nitrogens with zero attached hydrogens (tertiary/aromatic N) is 3. The Labute approximate surface area is 157 Å². The predicted molar refractivity (Wildman–Crippen MR) is 101 cm³/mol. The number of likely N-dealkylation sites (tertiary alicyclic amines) is 1. The van der Waals surface area contributed by atoms with E-state index in [1.807, 2.05) is 11.0 Å². The number of piperidine rings is 1. The third kappa shape index (κ3) is 3.61. The van der Waals surface area contributed by atoms with E-state index in [-0.39, 0.29) is 5.91 Å². The number of rotatable bonds is 3. The number of aromatic nitrogens is 1. The molecule has 0 N–H and O–H groups in total. The second kappa shape index (κ2) is 7.46. The van der Waals surface area contributed by atoms with E-state index in [0.29, 0.717) is 22.9 Å². The molecule has 3 aromatic rings. The molecular weight excluding hydrogens is 338 g/mol. The third-order valence-electron chi connectivity index (χ3n) is 5.08. The third-order valence-corrected chi connectivity index (χ3v) is 5.08. The zero-order valence-corrected chi connectivity index (χ0v) is 14.8. The first kappa shape index (κ1) is 17.0. The van der Waals surface area contributed by atoms with E-state index in [1.165, 1.54) is 5.56 Å². The molecular formula is C22H19N3O2. The summed E-state index contributed by atoms with van der Waals surface area (Å²) in [5.74, 6) is 0.939. The van der Waals surface area contributed by atoms with Crippen molar-refractivity contribution in [2.45, 2.75) is 18.8 Å². The van der Waals surface area contributed by atoms with Gasteiger partial charge in [0.1, 0.15) is 0 Å². The maximum absolute atomic E-state index is 12.7. The second-order valence-corrected chi connectivity index (χ2v) is 6.74. The van der Waals surface area contributed by atoms with Gasteiger partial charge in [-0.2, -0.15) is 5.26 Å². The fourth-order valence-corrected chi connectivity index (χ4v) is 3.52. The van der Waals surface area contributed by atoms with Crippen molar-refractivity contribution in [2.75, 3.05) is 13.1 Å². The minimum absolute atomic E-state index is 0.0924. The number of benzene rings is 2. The van der Waals surface area contributed by atoms with Crippen molar-refractivity contribution >= 4 is 5.91 Å². The SMILES string of the molecule is N#Cc1ccc(-c2cc(C(=O)N3CCC(c4ccccc4)CC3)no2)cc1. The topological polar surface area (TPSA) is 70.1 Å². The molecule has 1 amide bonds. The standard InChI is InChI=1S/C22H19N3O2/c23-15-16-6-8-19(9-7-16)21-14-20(24-27-21)22(26)25-12-10-18(11-13-25)17-4-2-1-3-5-17/h1-9,14,18H,10-13H2. The van der Waals surface area contributed by atoms with Gasteiger partial charge >= 0.3 is 0 Å². The van der Waals surface area contributed by atoms with Gasteiger partial charge in [0.15, 0.2) is 11.5 Å². The largest absolute Gasteiger partial charge is 0.355 e. The Morgan fingerprint density at radius 2 is 1.78 bits per heavy atom. The molecule has 0 atom stereocenters. The molecule has 4 rings (SSSR count). The van der Waals surface area contributed by atoms with E-state index in [4.69, 9.17) is 9.78 Å². The Morgan fingerprint density at radius 1 is 1.07 bits per heavy atom. The van der Waals surface area contributed by atoms with E-state index in [0.717, 1.165) is 31.5 Å². The number of amides is 1. The first-order chi connectivity index (χ1) is 13.2. The van der Waals surface area contributed by atoms with Gasteiger partial charge in [-0.1, -0.05) is 35.5 Å². The van der Waals surface area contributed by atoms with Crippen molar-refractivity contribution in [1.29, 1.82) is 5.26 Å². The average molecular weight is 357 g/mol. The lowest BCUT2D eigenvalue weighted by molar-refractivity contribution is 0.0702. The molecule has 27 heavy (non-hydrogen) atoms. The second-order valence-electron chi connectivity index (χ2n) is 6.74. The predicted octanol–water partition coefficient (Wildman–Crippen LogP) is 4.23. The highest BCUT2D eigenvalue weighted by Crippen LogP contribution is 2.29. The quantitative estimate of drug-likeness (QED) is 0.703. The van der Waals surface area contributed by atoms with Gasteiger partial charge < -0.3 is 9.42 Å². The minimum Gasteiger partial charge on any atom is -0.355 e. The van der Waals surface area contributed by atoms with Gasteiger partial charge in [0.05, 0.1) is 11.6 Å². The van der Waals surface area contributed by atoms with Gasteiger partial charge in [-0.15, -0.1) is 0 Å². The number of hydrogen-bond acceptors (Lipinski definition) is 4. The summed E-state index contributed by atoms with van der Waals surface area (Å²) in [6, 6.07) is 21.2. The average Bonchev–Trinajstić information content (AvgIpc) is 3.24. The molecule has 1 aliphatic rings. The van der Waals surface area contributed by atoms with Gasteiger partial charge in [0.2, 0.25) is 0 Å². The van der Waals surface area contributed by atoms with Crippen molar-refractivity contribution in [3.63, 3.8) is 0 Å². The Bertz CT molecular complexity index is 963. The molecule has 1 aliphatic heterocycles. The zero-order valence-electron chi connectivity index (χ0n) is 14.8. The summed E-state index contributed by atoms with van der Waals surface area (Å²) in [6.07, 6.45) is 1.91. The van der Waals surface area contributed by atoms with Crippen LogP contribution in [0.4, 0.5) is 0 Å². The Morgan fingerprint density at radius 3 is 2.44 bits per heavy atom. The number of carbonyl (C=O) groups is 1. The summed E-state index contributed by atoms with van der Waals surface area (Å²) >= 11 is 0. The van der Waals surface area contributed by atoms with Crippen molar-refractivity contribution in [2.24, 2.45) is 0 Å². The van der Waals surface area contributed by atoms with Crippen LogP contribution in [0.1, 0.15) is 40.4 Å². The molecule has 5 nitrogen and oxygen atoms in total. The summed E-state index contributed by atoms with van der Waals surface area (Å²) in [4.78, 5) is 14.6. The zero-order chi connectivity index (χ0) is 18.6. The van der Waals surface area contributed by atoms with Crippen LogP contribution in [0.5, 0.6) is 0 Å². The molecule has 0 unspecified atom stereocenters. The molecule has 1 saturated heterocycles. The molecule has 134 valence electrons. The van der Waals surface area contributed by atoms with E-state index in [9.17, 15) is 4.79 Å². The Kier molecular flexibility index (Phi) is 4.71. The maximum atomic E-state index is 12.7. The number of nitriles is 1. The van der Waals surface area contributed by atoms with Crippen molar-refractivity contribution in [3.8, 4) is 17.4 Å². The lowest BCUT2D eigenvalue weighted by Gasteiger charge is -2.31. The number of carbonyl (C=O) groups excluding carboxylic acids is 1. The normalized spacial score (nSPS) is 14.7. The molecule has 5 heteroatoms. The molecule has 1 fully saturated rings. The highest BCUT2D eigenvalue weighted by Gasteiger charge is 2.26. The van der Waals surface area contributed by atoms with Crippen LogP contribution in [-0.2, 0) is 0 Å². The molecule has 2 aromatic carbocycles. The van der Waals surface area contributed by atoms with Crippen molar-refractivity contribution in [3.05, 3.63) is 77.5 Å². The summed E-state index contributed by atoms with van der Waals surface area (Å²) in [7, 11) is 0. The summed E-state index contributed by atoms with van der Waals surface area (Å²) in [5, 5.41) is 12.8. The van der Waals surface area contributed by atoms with Crippen LogP contribution in [0.15, 0.2) is 65.2 Å². The van der Waals surface area contributed by atoms with Crippen LogP contribution in [0.3, 0.4) is 0 Å². The van der Waals surface area contributed by atoms with Crippen LogP contribution >= 0.6 is 0 Å². The monoisotopic (exact) mass is 357 g/mol. The lowest BCUT2D eigenvalue weighted by Crippen LogP contribution is -2.38. The molecule has 2 heterocycles. The molecule has 0 spiro atoms. The lowest BCUT2D eigenvalue weighted by atomic mass is 9.89. The number of hydrogen-bond donors (Lipinski definition) is 0.